The molecule has 3 rings (SSSR count). The number of hydrogen-bond acceptors (Lipinski definition) is 6. The van der Waals surface area contributed by atoms with Gasteiger partial charge in [-0.2, -0.15) is 18.3 Å². The standard InChI is InChI=1S/C17H25N3O2.C2HF3O2/c1-3-10-21-13-17-8-4-11-22-15(17)7-9-20(12-17)16-6-5-14(2)18-19-16;3-2(4,5)1(6)7/h3,5-6,15H,1,4,7-13H2,2H3;(H,6,7). The number of carboxylic acids is 1. The minimum Gasteiger partial charge on any atom is -0.475 e. The lowest BCUT2D eigenvalue weighted by Crippen LogP contribution is -2.57. The van der Waals surface area contributed by atoms with E-state index in [0.29, 0.717) is 12.7 Å². The zero-order chi connectivity index (χ0) is 21.5. The number of piperidine rings is 1. The number of halogens is 3. The number of aliphatic carboxylic acids is 1. The lowest BCUT2D eigenvalue weighted by molar-refractivity contribution is -0.192. The van der Waals surface area contributed by atoms with E-state index in [1.54, 1.807) is 6.08 Å². The SMILES string of the molecule is C=CCOCC12CCCOC1CCN(c1ccc(C)nn1)C2.O=C(O)C(F)(F)F. The molecule has 0 saturated carbocycles. The van der Waals surface area contributed by atoms with Crippen molar-refractivity contribution in [1.82, 2.24) is 10.2 Å². The Kier molecular flexibility index (Phi) is 7.97. The van der Waals surface area contributed by atoms with Crippen molar-refractivity contribution in [2.45, 2.75) is 38.5 Å². The maximum absolute atomic E-state index is 10.6. The summed E-state index contributed by atoms with van der Waals surface area (Å²) < 4.78 is 43.6. The van der Waals surface area contributed by atoms with Gasteiger partial charge >= 0.3 is 12.1 Å². The molecule has 1 aromatic rings. The van der Waals surface area contributed by atoms with E-state index in [4.69, 9.17) is 19.4 Å². The van der Waals surface area contributed by atoms with E-state index in [9.17, 15) is 13.2 Å². The van der Waals surface area contributed by atoms with Crippen LogP contribution in [0.4, 0.5) is 19.0 Å². The summed E-state index contributed by atoms with van der Waals surface area (Å²) in [7, 11) is 0. The third-order valence-electron chi connectivity index (χ3n) is 4.96. The first-order valence-corrected chi connectivity index (χ1v) is 9.33. The molecule has 0 amide bonds. The number of rotatable bonds is 5. The van der Waals surface area contributed by atoms with Gasteiger partial charge in [-0.15, -0.1) is 11.7 Å². The molecule has 0 bridgehead atoms. The summed E-state index contributed by atoms with van der Waals surface area (Å²) in [4.78, 5) is 11.2. The van der Waals surface area contributed by atoms with Gasteiger partial charge in [-0.05, 0) is 38.3 Å². The Morgan fingerprint density at radius 3 is 2.79 bits per heavy atom. The molecule has 1 aromatic heterocycles. The van der Waals surface area contributed by atoms with Crippen molar-refractivity contribution in [2.75, 3.05) is 37.8 Å². The van der Waals surface area contributed by atoms with Crippen molar-refractivity contribution < 1.29 is 32.5 Å². The van der Waals surface area contributed by atoms with Crippen molar-refractivity contribution >= 4 is 11.8 Å². The summed E-state index contributed by atoms with van der Waals surface area (Å²) in [6.07, 6.45) is 0.279. The van der Waals surface area contributed by atoms with Crippen molar-refractivity contribution in [2.24, 2.45) is 5.41 Å². The molecule has 2 aliphatic heterocycles. The molecule has 29 heavy (non-hydrogen) atoms. The smallest absolute Gasteiger partial charge is 0.475 e. The predicted octanol–water partition coefficient (Wildman–Crippen LogP) is 3.00. The number of ether oxygens (including phenoxy) is 2. The van der Waals surface area contributed by atoms with Gasteiger partial charge in [0, 0.05) is 25.1 Å². The second kappa shape index (κ2) is 10.0. The molecule has 0 radical (unpaired) electrons. The van der Waals surface area contributed by atoms with Crippen LogP contribution in [-0.4, -0.2) is 66.5 Å². The summed E-state index contributed by atoms with van der Waals surface area (Å²) >= 11 is 0. The van der Waals surface area contributed by atoms with E-state index in [-0.39, 0.29) is 5.41 Å². The molecule has 2 atom stereocenters. The third-order valence-corrected chi connectivity index (χ3v) is 4.96. The van der Waals surface area contributed by atoms with Crippen molar-refractivity contribution in [3.05, 3.63) is 30.5 Å². The van der Waals surface area contributed by atoms with E-state index in [1.807, 2.05) is 13.0 Å². The molecule has 2 unspecified atom stereocenters. The Bertz CT molecular complexity index is 684. The fourth-order valence-corrected chi connectivity index (χ4v) is 3.60. The zero-order valence-corrected chi connectivity index (χ0v) is 16.3. The molecule has 2 aliphatic rings. The lowest BCUT2D eigenvalue weighted by atomic mass is 9.73. The van der Waals surface area contributed by atoms with Crippen molar-refractivity contribution in [1.29, 1.82) is 0 Å². The second-order valence-electron chi connectivity index (χ2n) is 7.18. The molecule has 0 spiro atoms. The number of fused-ring (bicyclic) bond motifs is 1. The van der Waals surface area contributed by atoms with E-state index in [2.05, 4.69) is 27.7 Å². The first kappa shape index (κ1) is 23.1. The van der Waals surface area contributed by atoms with Crippen molar-refractivity contribution in [3.8, 4) is 0 Å². The molecule has 1 N–H and O–H groups in total. The van der Waals surface area contributed by atoms with E-state index in [0.717, 1.165) is 57.1 Å². The molecule has 162 valence electrons. The Morgan fingerprint density at radius 2 is 2.21 bits per heavy atom. The van der Waals surface area contributed by atoms with Crippen LogP contribution in [0.5, 0.6) is 0 Å². The summed E-state index contributed by atoms with van der Waals surface area (Å²) in [6.45, 7) is 9.77. The molecule has 7 nitrogen and oxygen atoms in total. The average Bonchev–Trinajstić information content (AvgIpc) is 2.68. The normalized spacial score (nSPS) is 24.1. The number of carboxylic acid groups (broad SMARTS) is 1. The molecular formula is C19H26F3N3O4. The molecule has 3 heterocycles. The summed E-state index contributed by atoms with van der Waals surface area (Å²) in [5, 5.41) is 15.7. The maximum atomic E-state index is 10.6. The lowest BCUT2D eigenvalue weighted by Gasteiger charge is -2.50. The number of alkyl halides is 3. The van der Waals surface area contributed by atoms with Crippen LogP contribution in [-0.2, 0) is 14.3 Å². The largest absolute Gasteiger partial charge is 0.490 e. The Balaban J connectivity index is 0.000000370. The molecule has 10 heteroatoms. The highest BCUT2D eigenvalue weighted by Gasteiger charge is 2.46. The van der Waals surface area contributed by atoms with Gasteiger partial charge < -0.3 is 19.5 Å². The third kappa shape index (κ3) is 6.40. The molecule has 0 aliphatic carbocycles. The minimum atomic E-state index is -5.08. The molecule has 0 aromatic carbocycles. The van der Waals surface area contributed by atoms with Crippen molar-refractivity contribution in [3.63, 3.8) is 0 Å². The van der Waals surface area contributed by atoms with E-state index >= 15 is 0 Å². The van der Waals surface area contributed by atoms with Gasteiger partial charge in [-0.25, -0.2) is 4.79 Å². The summed E-state index contributed by atoms with van der Waals surface area (Å²) in [5.41, 5.74) is 1.01. The summed E-state index contributed by atoms with van der Waals surface area (Å²) in [6, 6.07) is 4.08. The van der Waals surface area contributed by atoms with Crippen LogP contribution < -0.4 is 4.90 Å². The Morgan fingerprint density at radius 1 is 1.48 bits per heavy atom. The Labute approximate surface area is 167 Å². The number of carbonyl (C=O) groups is 1. The number of aromatic nitrogens is 2. The maximum Gasteiger partial charge on any atom is 0.490 e. The molecule has 2 saturated heterocycles. The highest BCUT2D eigenvalue weighted by molar-refractivity contribution is 5.73. The number of anilines is 1. The predicted molar refractivity (Wildman–Crippen MR) is 99.7 cm³/mol. The summed E-state index contributed by atoms with van der Waals surface area (Å²) in [5.74, 6) is -1.80. The molecule has 2 fully saturated rings. The van der Waals surface area contributed by atoms with Gasteiger partial charge in [0.25, 0.3) is 0 Å². The fourth-order valence-electron chi connectivity index (χ4n) is 3.60. The van der Waals surface area contributed by atoms with Crippen LogP contribution in [0, 0.1) is 12.3 Å². The van der Waals surface area contributed by atoms with Crippen LogP contribution in [0.1, 0.15) is 25.0 Å². The molecular weight excluding hydrogens is 391 g/mol. The second-order valence-corrected chi connectivity index (χ2v) is 7.18. The fraction of sp³-hybridized carbons (Fsp3) is 0.632. The zero-order valence-electron chi connectivity index (χ0n) is 16.3. The van der Waals surface area contributed by atoms with Crippen LogP contribution in [0.2, 0.25) is 0 Å². The number of aryl methyl sites for hydroxylation is 1. The van der Waals surface area contributed by atoms with Gasteiger partial charge in [0.15, 0.2) is 5.82 Å². The quantitative estimate of drug-likeness (QED) is 0.582. The van der Waals surface area contributed by atoms with Gasteiger partial charge in [0.1, 0.15) is 0 Å². The van der Waals surface area contributed by atoms with Crippen LogP contribution in [0.25, 0.3) is 0 Å². The van der Waals surface area contributed by atoms with Crippen LogP contribution in [0.15, 0.2) is 24.8 Å². The first-order chi connectivity index (χ1) is 13.7. The van der Waals surface area contributed by atoms with Crippen LogP contribution >= 0.6 is 0 Å². The monoisotopic (exact) mass is 417 g/mol. The number of nitrogens with zero attached hydrogens (tertiary/aromatic N) is 3. The highest BCUT2D eigenvalue weighted by atomic mass is 19.4. The topological polar surface area (TPSA) is 84.8 Å². The van der Waals surface area contributed by atoms with Crippen LogP contribution in [0.3, 0.4) is 0 Å². The minimum absolute atomic E-state index is 0.0616. The van der Waals surface area contributed by atoms with Gasteiger partial charge in [0.2, 0.25) is 0 Å². The van der Waals surface area contributed by atoms with Gasteiger partial charge in [-0.3, -0.25) is 0 Å². The van der Waals surface area contributed by atoms with E-state index < -0.39 is 12.1 Å². The van der Waals surface area contributed by atoms with Gasteiger partial charge in [0.05, 0.1) is 25.0 Å². The highest BCUT2D eigenvalue weighted by Crippen LogP contribution is 2.41. The number of hydrogen-bond donors (Lipinski definition) is 1. The van der Waals surface area contributed by atoms with Gasteiger partial charge in [-0.1, -0.05) is 6.08 Å². The van der Waals surface area contributed by atoms with E-state index in [1.165, 1.54) is 0 Å². The first-order valence-electron chi connectivity index (χ1n) is 9.33. The average molecular weight is 417 g/mol. The Hall–Kier alpha value is -2.20.